The van der Waals surface area contributed by atoms with Crippen LogP contribution in [0, 0.1) is 0 Å². The Hall–Kier alpha value is -3.39. The molecule has 1 amide bonds. The first-order valence-corrected chi connectivity index (χ1v) is 11.0. The summed E-state index contributed by atoms with van der Waals surface area (Å²) in [5, 5.41) is 0.560. The van der Waals surface area contributed by atoms with Crippen LogP contribution in [0.15, 0.2) is 47.3 Å². The summed E-state index contributed by atoms with van der Waals surface area (Å²) in [6.45, 7) is 5.17. The van der Waals surface area contributed by atoms with E-state index in [1.807, 2.05) is 32.0 Å². The fraction of sp³-hybridized carbons (Fsp3) is 0.400. The Kier molecular flexibility index (Phi) is 8.06. The van der Waals surface area contributed by atoms with E-state index < -0.39 is 6.04 Å². The number of fused-ring (bicyclic) bond motifs is 1. The van der Waals surface area contributed by atoms with Gasteiger partial charge in [0.1, 0.15) is 17.3 Å². The monoisotopic (exact) mass is 453 g/mol. The van der Waals surface area contributed by atoms with Gasteiger partial charge in [0, 0.05) is 32.9 Å². The molecule has 0 spiro atoms. The van der Waals surface area contributed by atoms with Gasteiger partial charge < -0.3 is 19.1 Å². The van der Waals surface area contributed by atoms with E-state index in [-0.39, 0.29) is 11.5 Å². The molecule has 33 heavy (non-hydrogen) atoms. The largest absolute Gasteiger partial charge is 0.497 e. The number of methoxy groups -OCH3 is 3. The SMILES string of the molecule is CCn1c(C(C)N(CCCOC)C(=O)c2ccc(OC)cc2OC)nc2ccccc2c1=O. The minimum absolute atomic E-state index is 0.115. The molecule has 0 aliphatic rings. The number of nitrogens with zero attached hydrogens (tertiary/aromatic N) is 3. The molecule has 0 fully saturated rings. The molecule has 0 saturated heterocycles. The number of hydrogen-bond acceptors (Lipinski definition) is 6. The molecule has 3 rings (SSSR count). The van der Waals surface area contributed by atoms with Gasteiger partial charge in [0.15, 0.2) is 0 Å². The lowest BCUT2D eigenvalue weighted by Gasteiger charge is -2.31. The molecule has 0 aliphatic carbocycles. The van der Waals surface area contributed by atoms with Gasteiger partial charge in [-0.3, -0.25) is 14.2 Å². The second-order valence-electron chi connectivity index (χ2n) is 7.62. The van der Waals surface area contributed by atoms with Gasteiger partial charge in [-0.2, -0.15) is 0 Å². The Labute approximate surface area is 193 Å². The molecule has 1 atom stereocenters. The van der Waals surface area contributed by atoms with Crippen LogP contribution in [0.5, 0.6) is 11.5 Å². The second-order valence-corrected chi connectivity index (χ2v) is 7.62. The van der Waals surface area contributed by atoms with Crippen molar-refractivity contribution in [3.8, 4) is 11.5 Å². The van der Waals surface area contributed by atoms with Gasteiger partial charge in [-0.25, -0.2) is 4.98 Å². The molecule has 8 heteroatoms. The van der Waals surface area contributed by atoms with Crippen molar-refractivity contribution >= 4 is 16.8 Å². The Morgan fingerprint density at radius 3 is 2.55 bits per heavy atom. The third-order valence-corrected chi connectivity index (χ3v) is 5.70. The molecule has 8 nitrogen and oxygen atoms in total. The summed E-state index contributed by atoms with van der Waals surface area (Å²) < 4.78 is 17.6. The van der Waals surface area contributed by atoms with Crippen molar-refractivity contribution in [2.24, 2.45) is 0 Å². The molecule has 0 aliphatic heterocycles. The summed E-state index contributed by atoms with van der Waals surface area (Å²) >= 11 is 0. The summed E-state index contributed by atoms with van der Waals surface area (Å²) in [7, 11) is 4.70. The highest BCUT2D eigenvalue weighted by atomic mass is 16.5. The van der Waals surface area contributed by atoms with Crippen molar-refractivity contribution in [2.75, 3.05) is 34.5 Å². The third-order valence-electron chi connectivity index (χ3n) is 5.70. The first kappa shape index (κ1) is 24.3. The molecule has 0 saturated carbocycles. The summed E-state index contributed by atoms with van der Waals surface area (Å²) in [5.41, 5.74) is 0.908. The van der Waals surface area contributed by atoms with Crippen molar-refractivity contribution in [2.45, 2.75) is 32.9 Å². The molecule has 1 aromatic heterocycles. The summed E-state index contributed by atoms with van der Waals surface area (Å²) in [6.07, 6.45) is 0.634. The van der Waals surface area contributed by atoms with Gasteiger partial charge in [0.25, 0.3) is 11.5 Å². The van der Waals surface area contributed by atoms with Gasteiger partial charge in [0.2, 0.25) is 0 Å². The molecule has 3 aromatic rings. The summed E-state index contributed by atoms with van der Waals surface area (Å²) in [6, 6.07) is 11.9. The van der Waals surface area contributed by atoms with Crippen LogP contribution in [0.1, 0.15) is 42.5 Å². The molecule has 2 aromatic carbocycles. The van der Waals surface area contributed by atoms with Crippen LogP contribution in [0.25, 0.3) is 10.9 Å². The van der Waals surface area contributed by atoms with E-state index in [4.69, 9.17) is 19.2 Å². The molecule has 0 radical (unpaired) electrons. The fourth-order valence-corrected chi connectivity index (χ4v) is 3.93. The van der Waals surface area contributed by atoms with Crippen LogP contribution in [0.2, 0.25) is 0 Å². The molecule has 1 heterocycles. The highest BCUT2D eigenvalue weighted by molar-refractivity contribution is 5.97. The van der Waals surface area contributed by atoms with Gasteiger partial charge in [-0.1, -0.05) is 12.1 Å². The number of ether oxygens (including phenoxy) is 3. The number of aromatic nitrogens is 2. The number of rotatable bonds is 10. The number of para-hydroxylation sites is 1. The van der Waals surface area contributed by atoms with Gasteiger partial charge >= 0.3 is 0 Å². The van der Waals surface area contributed by atoms with Crippen molar-refractivity contribution in [3.63, 3.8) is 0 Å². The topological polar surface area (TPSA) is 82.9 Å². The average molecular weight is 454 g/mol. The van der Waals surface area contributed by atoms with E-state index in [1.54, 1.807) is 48.0 Å². The Morgan fingerprint density at radius 1 is 1.12 bits per heavy atom. The van der Waals surface area contributed by atoms with Crippen LogP contribution >= 0.6 is 0 Å². The van der Waals surface area contributed by atoms with Crippen LogP contribution in [0.3, 0.4) is 0 Å². The number of hydrogen-bond donors (Lipinski definition) is 0. The highest BCUT2D eigenvalue weighted by Gasteiger charge is 2.28. The predicted molar refractivity (Wildman–Crippen MR) is 127 cm³/mol. The minimum atomic E-state index is -0.460. The van der Waals surface area contributed by atoms with Crippen LogP contribution in [-0.2, 0) is 11.3 Å². The maximum Gasteiger partial charge on any atom is 0.261 e. The smallest absolute Gasteiger partial charge is 0.261 e. The number of amides is 1. The molecule has 176 valence electrons. The standard InChI is InChI=1S/C25H31N3O5/c1-6-27-23(26-21-11-8-7-10-19(21)24(27)29)17(2)28(14-9-15-31-3)25(30)20-13-12-18(32-4)16-22(20)33-5/h7-8,10-13,16-17H,6,9,14-15H2,1-5H3. The number of benzene rings is 2. The lowest BCUT2D eigenvalue weighted by atomic mass is 10.1. The third kappa shape index (κ3) is 5.01. The van der Waals surface area contributed by atoms with Crippen molar-refractivity contribution in [1.29, 1.82) is 0 Å². The van der Waals surface area contributed by atoms with E-state index in [1.165, 1.54) is 7.11 Å². The normalized spacial score (nSPS) is 11.9. The van der Waals surface area contributed by atoms with Crippen LogP contribution in [-0.4, -0.2) is 54.8 Å². The van der Waals surface area contributed by atoms with E-state index in [2.05, 4.69) is 0 Å². The summed E-state index contributed by atoms with van der Waals surface area (Å²) in [5.74, 6) is 1.34. The number of carbonyl (C=O) groups excluding carboxylic acids is 1. The second kappa shape index (κ2) is 11.0. The van der Waals surface area contributed by atoms with Crippen molar-refractivity contribution < 1.29 is 19.0 Å². The zero-order valence-corrected chi connectivity index (χ0v) is 19.8. The zero-order valence-electron chi connectivity index (χ0n) is 19.8. The van der Waals surface area contributed by atoms with Gasteiger partial charge in [-0.15, -0.1) is 0 Å². The van der Waals surface area contributed by atoms with E-state index in [0.29, 0.717) is 59.9 Å². The molecule has 0 bridgehead atoms. The van der Waals surface area contributed by atoms with Crippen molar-refractivity contribution in [1.82, 2.24) is 14.5 Å². The first-order valence-electron chi connectivity index (χ1n) is 11.0. The molecule has 1 unspecified atom stereocenters. The minimum Gasteiger partial charge on any atom is -0.497 e. The maximum absolute atomic E-state index is 13.7. The first-order chi connectivity index (χ1) is 16.0. The lowest BCUT2D eigenvalue weighted by molar-refractivity contribution is 0.0652. The zero-order chi connectivity index (χ0) is 24.0. The molecule has 0 N–H and O–H groups in total. The van der Waals surface area contributed by atoms with Gasteiger partial charge in [-0.05, 0) is 44.5 Å². The van der Waals surface area contributed by atoms with Crippen LogP contribution in [0.4, 0.5) is 0 Å². The lowest BCUT2D eigenvalue weighted by Crippen LogP contribution is -2.38. The average Bonchev–Trinajstić information content (AvgIpc) is 2.85. The van der Waals surface area contributed by atoms with Crippen LogP contribution < -0.4 is 15.0 Å². The predicted octanol–water partition coefficient (Wildman–Crippen LogP) is 3.67. The maximum atomic E-state index is 13.7. The Bertz CT molecular complexity index is 1170. The summed E-state index contributed by atoms with van der Waals surface area (Å²) in [4.78, 5) is 33.4. The fourth-order valence-electron chi connectivity index (χ4n) is 3.93. The highest BCUT2D eigenvalue weighted by Crippen LogP contribution is 2.29. The van der Waals surface area contributed by atoms with Gasteiger partial charge in [0.05, 0.1) is 36.7 Å². The van der Waals surface area contributed by atoms with Crippen molar-refractivity contribution in [3.05, 3.63) is 64.2 Å². The Balaban J connectivity index is 2.09. The molecular formula is C25H31N3O5. The quantitative estimate of drug-likeness (QED) is 0.436. The number of carbonyl (C=O) groups is 1. The van der Waals surface area contributed by atoms with E-state index in [9.17, 15) is 9.59 Å². The van der Waals surface area contributed by atoms with E-state index in [0.717, 1.165) is 0 Å². The van der Waals surface area contributed by atoms with E-state index >= 15 is 0 Å². The Morgan fingerprint density at radius 2 is 1.88 bits per heavy atom. The molecular weight excluding hydrogens is 422 g/mol.